The number of fused-ring (bicyclic) bond motifs is 1. The Morgan fingerprint density at radius 2 is 1.76 bits per heavy atom. The van der Waals surface area contributed by atoms with Crippen molar-refractivity contribution in [2.45, 2.75) is 126 Å². The van der Waals surface area contributed by atoms with Crippen LogP contribution in [0.3, 0.4) is 0 Å². The van der Waals surface area contributed by atoms with Crippen LogP contribution in [0.5, 0.6) is 0 Å². The van der Waals surface area contributed by atoms with Crippen LogP contribution in [0.2, 0.25) is 0 Å². The molecule has 3 saturated carbocycles. The molecule has 0 aromatic rings. The first-order valence-electron chi connectivity index (χ1n) is 14.9. The maximum absolute atomic E-state index is 14.2. The van der Waals surface area contributed by atoms with E-state index in [1.165, 1.54) is 0 Å². The fourth-order valence-electron chi connectivity index (χ4n) is 10.4. The van der Waals surface area contributed by atoms with Crippen molar-refractivity contribution in [3.8, 4) is 0 Å². The predicted octanol–water partition coefficient (Wildman–Crippen LogP) is 2.86. The van der Waals surface area contributed by atoms with E-state index in [1.54, 1.807) is 0 Å². The number of ether oxygens (including phenoxy) is 4. The van der Waals surface area contributed by atoms with Gasteiger partial charge in [-0.25, -0.2) is 0 Å². The van der Waals surface area contributed by atoms with Crippen molar-refractivity contribution >= 4 is 5.78 Å². The Bertz CT molecular complexity index is 1060. The van der Waals surface area contributed by atoms with E-state index in [2.05, 4.69) is 20.4 Å². The topological polar surface area (TPSA) is 118 Å². The largest absolute Gasteiger partial charge is 0.393 e. The molecule has 7 fully saturated rings. The van der Waals surface area contributed by atoms with Gasteiger partial charge in [-0.3, -0.25) is 4.79 Å². The van der Waals surface area contributed by atoms with E-state index in [-0.39, 0.29) is 23.5 Å². The van der Waals surface area contributed by atoms with E-state index in [1.807, 2.05) is 13.8 Å². The summed E-state index contributed by atoms with van der Waals surface area (Å²) in [7, 11) is 0. The maximum atomic E-state index is 14.2. The number of carbonyl (C=O) groups excluding carboxylic acids is 1. The molecule has 212 valence electrons. The van der Waals surface area contributed by atoms with Gasteiger partial charge in [-0.05, 0) is 43.1 Å². The highest BCUT2D eigenvalue weighted by molar-refractivity contribution is 5.93. The van der Waals surface area contributed by atoms with Gasteiger partial charge >= 0.3 is 0 Å². The molecule has 3 N–H and O–H groups in total. The second-order valence-electron chi connectivity index (χ2n) is 14.0. The lowest BCUT2D eigenvalue weighted by Gasteiger charge is -2.61. The van der Waals surface area contributed by atoms with Gasteiger partial charge < -0.3 is 34.3 Å². The SMILES string of the molecule is C=C(C)[C@]12C[C@@H](C)[C@]34OC5(CCCCCCC[C@@H](C)C6C3[C@@](O)(C(=O)[C@H]6C)[C@H](O)[C@@]3(CO)O[C@H]3C4[C@H]1O5)O2. The van der Waals surface area contributed by atoms with E-state index in [4.69, 9.17) is 18.9 Å². The predicted molar refractivity (Wildman–Crippen MR) is 136 cm³/mol. The molecule has 2 spiro atoms. The zero-order valence-electron chi connectivity index (χ0n) is 23.2. The van der Waals surface area contributed by atoms with Gasteiger partial charge in [0.25, 0.3) is 5.97 Å². The molecule has 4 heterocycles. The first-order chi connectivity index (χ1) is 18.0. The minimum atomic E-state index is -2.11. The van der Waals surface area contributed by atoms with Gasteiger partial charge in [0.1, 0.15) is 29.5 Å². The summed E-state index contributed by atoms with van der Waals surface area (Å²) in [4.78, 5) is 14.2. The van der Waals surface area contributed by atoms with Crippen LogP contribution in [-0.4, -0.2) is 74.4 Å². The quantitative estimate of drug-likeness (QED) is 0.367. The van der Waals surface area contributed by atoms with Crippen molar-refractivity contribution in [3.63, 3.8) is 0 Å². The Morgan fingerprint density at radius 3 is 2.47 bits per heavy atom. The van der Waals surface area contributed by atoms with Crippen LogP contribution < -0.4 is 0 Å². The summed E-state index contributed by atoms with van der Waals surface area (Å²) in [5.41, 5.74) is -4.56. The molecule has 4 unspecified atom stereocenters. The minimum absolute atomic E-state index is 0.136. The zero-order valence-corrected chi connectivity index (χ0v) is 23.2. The normalized spacial score (nSPS) is 60.8. The molecule has 8 nitrogen and oxygen atoms in total. The van der Waals surface area contributed by atoms with E-state index < -0.39 is 71.0 Å². The van der Waals surface area contributed by atoms with Crippen LogP contribution in [0.4, 0.5) is 0 Å². The first-order valence-corrected chi connectivity index (χ1v) is 14.9. The van der Waals surface area contributed by atoms with Gasteiger partial charge in [-0.2, -0.15) is 0 Å². The fraction of sp³-hybridized carbons (Fsp3) is 0.900. The van der Waals surface area contributed by atoms with Crippen LogP contribution in [0.25, 0.3) is 0 Å². The molecule has 38 heavy (non-hydrogen) atoms. The third kappa shape index (κ3) is 2.74. The third-order valence-corrected chi connectivity index (χ3v) is 12.1. The number of Topliss-reactive ketones (excluding diaryl/α,β-unsaturated/α-hetero) is 1. The summed E-state index contributed by atoms with van der Waals surface area (Å²) in [6.45, 7) is 12.0. The lowest BCUT2D eigenvalue weighted by Crippen LogP contribution is -2.73. The second-order valence-corrected chi connectivity index (χ2v) is 14.0. The van der Waals surface area contributed by atoms with Crippen LogP contribution >= 0.6 is 0 Å². The van der Waals surface area contributed by atoms with Crippen LogP contribution in [0.15, 0.2) is 12.2 Å². The summed E-state index contributed by atoms with van der Waals surface area (Å²) in [6, 6.07) is 0. The summed E-state index contributed by atoms with van der Waals surface area (Å²) in [5.74, 6) is -3.48. The summed E-state index contributed by atoms with van der Waals surface area (Å²) in [5, 5.41) is 35.2. The highest BCUT2D eigenvalue weighted by Crippen LogP contribution is 2.74. The number of carbonyl (C=O) groups is 1. The first kappa shape index (κ1) is 26.1. The van der Waals surface area contributed by atoms with Gasteiger partial charge in [0.05, 0.1) is 12.2 Å². The lowest BCUT2D eigenvalue weighted by atomic mass is 9.52. The monoisotopic (exact) mass is 532 g/mol. The fourth-order valence-corrected chi connectivity index (χ4v) is 10.4. The molecule has 3 aliphatic carbocycles. The third-order valence-electron chi connectivity index (χ3n) is 12.1. The highest BCUT2D eigenvalue weighted by Gasteiger charge is 2.89. The average molecular weight is 533 g/mol. The van der Waals surface area contributed by atoms with Crippen molar-refractivity contribution in [2.24, 2.45) is 35.5 Å². The van der Waals surface area contributed by atoms with Gasteiger partial charge in [0.15, 0.2) is 11.4 Å². The van der Waals surface area contributed by atoms with Crippen LogP contribution in [0, 0.1) is 35.5 Å². The van der Waals surface area contributed by atoms with Crippen molar-refractivity contribution in [2.75, 3.05) is 6.61 Å². The maximum Gasteiger partial charge on any atom is 0.284 e. The molecular formula is C30H44O8. The van der Waals surface area contributed by atoms with Crippen molar-refractivity contribution < 1.29 is 39.1 Å². The Labute approximate surface area is 225 Å². The zero-order chi connectivity index (χ0) is 27.0. The summed E-state index contributed by atoms with van der Waals surface area (Å²) in [6.07, 6.45) is 4.60. The lowest BCUT2D eigenvalue weighted by molar-refractivity contribution is -0.436. The number of hydrogen-bond donors (Lipinski definition) is 3. The number of ketones is 1. The van der Waals surface area contributed by atoms with Crippen LogP contribution in [-0.2, 0) is 23.7 Å². The molecular weight excluding hydrogens is 488 g/mol. The Kier molecular flexibility index (Phi) is 5.42. The molecule has 8 heteroatoms. The van der Waals surface area contributed by atoms with Crippen molar-refractivity contribution in [1.82, 2.24) is 0 Å². The van der Waals surface area contributed by atoms with E-state index >= 15 is 0 Å². The molecule has 4 aliphatic heterocycles. The highest BCUT2D eigenvalue weighted by atomic mass is 16.9. The smallest absolute Gasteiger partial charge is 0.284 e. The number of aliphatic hydroxyl groups excluding tert-OH is 2. The van der Waals surface area contributed by atoms with E-state index in [0.29, 0.717) is 12.8 Å². The molecule has 4 saturated heterocycles. The van der Waals surface area contributed by atoms with Gasteiger partial charge in [0.2, 0.25) is 0 Å². The summed E-state index contributed by atoms with van der Waals surface area (Å²) < 4.78 is 27.2. The summed E-state index contributed by atoms with van der Waals surface area (Å²) >= 11 is 0. The Hall–Kier alpha value is -0.870. The van der Waals surface area contributed by atoms with Crippen LogP contribution in [0.1, 0.15) is 79.1 Å². The molecule has 0 amide bonds. The van der Waals surface area contributed by atoms with E-state index in [0.717, 1.165) is 44.1 Å². The number of epoxide rings is 1. The number of hydrogen-bond acceptors (Lipinski definition) is 8. The molecule has 14 atom stereocenters. The van der Waals surface area contributed by atoms with E-state index in [9.17, 15) is 20.1 Å². The standard InChI is InChI=1S/C30H44O8/c1-15(2)26-13-17(4)30-20-23(26)36-28(37-26,38-30)12-10-8-6-7-9-11-16(3)19-18(5)22(32)29(34,21(19)30)25(33)27(14-31)24(20)35-27/h16-21,23-25,31,33-34H,1,6-14H2,2-5H3/t16-,17-,18+,19?,20?,21?,23-,24+,25-,26-,27+,28?,29-,30-/m1/s1. The molecule has 7 rings (SSSR count). The molecule has 0 aromatic carbocycles. The second kappa shape index (κ2) is 7.90. The Balaban J connectivity index is 1.51. The molecule has 0 radical (unpaired) electrons. The molecule has 7 aliphatic rings. The number of aliphatic hydroxyl groups is 3. The van der Waals surface area contributed by atoms with Crippen molar-refractivity contribution in [3.05, 3.63) is 12.2 Å². The van der Waals surface area contributed by atoms with Gasteiger partial charge in [0, 0.05) is 24.2 Å². The Morgan fingerprint density at radius 1 is 1.05 bits per heavy atom. The minimum Gasteiger partial charge on any atom is -0.393 e. The average Bonchev–Trinajstić information content (AvgIpc) is 3.52. The van der Waals surface area contributed by atoms with Gasteiger partial charge in [-0.15, -0.1) is 0 Å². The molecule has 0 aromatic heterocycles. The van der Waals surface area contributed by atoms with Crippen molar-refractivity contribution in [1.29, 1.82) is 0 Å². The molecule has 3 bridgehead atoms. The number of rotatable bonds is 2. The van der Waals surface area contributed by atoms with Gasteiger partial charge in [-0.1, -0.05) is 59.5 Å².